The van der Waals surface area contributed by atoms with Crippen LogP contribution in [-0.4, -0.2) is 65.0 Å². The molecule has 0 saturated heterocycles. The third-order valence-electron chi connectivity index (χ3n) is 2.43. The Balaban J connectivity index is 2.83. The van der Waals surface area contributed by atoms with E-state index in [4.69, 9.17) is 5.11 Å². The molecule has 2 amide bonds. The van der Waals surface area contributed by atoms with Gasteiger partial charge in [0, 0.05) is 26.7 Å². The fourth-order valence-corrected chi connectivity index (χ4v) is 1.27. The molecule has 1 heterocycles. The van der Waals surface area contributed by atoms with Gasteiger partial charge in [-0.05, 0) is 6.92 Å². The second-order valence-corrected chi connectivity index (χ2v) is 3.99. The summed E-state index contributed by atoms with van der Waals surface area (Å²) in [6.45, 7) is 1.91. The van der Waals surface area contributed by atoms with E-state index in [1.54, 1.807) is 21.0 Å². The van der Waals surface area contributed by atoms with E-state index in [1.807, 2.05) is 0 Å². The lowest BCUT2D eigenvalue weighted by Crippen LogP contribution is -2.40. The zero-order valence-electron chi connectivity index (χ0n) is 10.9. The molecular weight excluding hydrogens is 254 g/mol. The van der Waals surface area contributed by atoms with Gasteiger partial charge in [0.25, 0.3) is 5.91 Å². The molecule has 8 heteroatoms. The molecule has 104 valence electrons. The zero-order chi connectivity index (χ0) is 14.6. The van der Waals surface area contributed by atoms with E-state index in [-0.39, 0.29) is 18.1 Å². The second kappa shape index (κ2) is 5.98. The molecule has 0 unspecified atom stereocenters. The Morgan fingerprint density at radius 1 is 1.37 bits per heavy atom. The number of hydrogen-bond donors (Lipinski definition) is 1. The quantitative estimate of drug-likeness (QED) is 0.802. The van der Waals surface area contributed by atoms with Crippen molar-refractivity contribution >= 4 is 17.8 Å². The molecular formula is C11H15N3O5. The Labute approximate surface area is 109 Å². The molecule has 0 saturated carbocycles. The molecule has 0 aliphatic heterocycles. The number of amides is 2. The first kappa shape index (κ1) is 14.7. The number of carbonyl (C=O) groups is 3. The van der Waals surface area contributed by atoms with Gasteiger partial charge in [-0.1, -0.05) is 5.16 Å². The number of aromatic nitrogens is 1. The number of nitrogens with zero attached hydrogens (tertiary/aromatic N) is 3. The van der Waals surface area contributed by atoms with Crippen molar-refractivity contribution in [3.63, 3.8) is 0 Å². The third kappa shape index (κ3) is 3.54. The highest BCUT2D eigenvalue weighted by Crippen LogP contribution is 2.07. The first-order valence-corrected chi connectivity index (χ1v) is 5.56. The van der Waals surface area contributed by atoms with Crippen molar-refractivity contribution in [2.75, 3.05) is 27.2 Å². The molecule has 8 nitrogen and oxygen atoms in total. The average Bonchev–Trinajstić information content (AvgIpc) is 2.84. The van der Waals surface area contributed by atoms with Crippen molar-refractivity contribution in [1.82, 2.24) is 15.0 Å². The van der Waals surface area contributed by atoms with Crippen molar-refractivity contribution in [3.05, 3.63) is 17.5 Å². The van der Waals surface area contributed by atoms with E-state index in [9.17, 15) is 14.4 Å². The molecule has 0 atom stereocenters. The topological polar surface area (TPSA) is 104 Å². The van der Waals surface area contributed by atoms with Crippen LogP contribution in [0, 0.1) is 0 Å². The lowest BCUT2D eigenvalue weighted by molar-refractivity contribution is -0.129. The number of likely N-dealkylation sites (N-methyl/N-ethyl adjacent to an activating group) is 2. The van der Waals surface area contributed by atoms with Crippen molar-refractivity contribution in [2.45, 2.75) is 6.92 Å². The first-order chi connectivity index (χ1) is 8.86. The number of carboxylic acids is 1. The summed E-state index contributed by atoms with van der Waals surface area (Å²) in [6.07, 6.45) is 0. The second-order valence-electron chi connectivity index (χ2n) is 3.99. The number of carbonyl (C=O) groups excluding carboxylic acids is 2. The maximum atomic E-state index is 12.0. The molecule has 0 aliphatic carbocycles. The van der Waals surface area contributed by atoms with Crippen molar-refractivity contribution in [2.24, 2.45) is 0 Å². The van der Waals surface area contributed by atoms with Crippen molar-refractivity contribution in [1.29, 1.82) is 0 Å². The lowest BCUT2D eigenvalue weighted by atomic mass is 10.3. The highest BCUT2D eigenvalue weighted by atomic mass is 16.5. The third-order valence-corrected chi connectivity index (χ3v) is 2.43. The summed E-state index contributed by atoms with van der Waals surface area (Å²) in [5.41, 5.74) is -0.134. The predicted molar refractivity (Wildman–Crippen MR) is 63.7 cm³/mol. The van der Waals surface area contributed by atoms with Gasteiger partial charge in [0.05, 0.1) is 0 Å². The molecule has 0 aliphatic rings. The number of hydrogen-bond acceptors (Lipinski definition) is 5. The lowest BCUT2D eigenvalue weighted by Gasteiger charge is -2.21. The normalized spacial score (nSPS) is 10.1. The van der Waals surface area contributed by atoms with Gasteiger partial charge in [-0.3, -0.25) is 9.59 Å². The molecule has 19 heavy (non-hydrogen) atoms. The summed E-state index contributed by atoms with van der Waals surface area (Å²) >= 11 is 0. The Bertz CT molecular complexity index is 494. The molecule has 0 aromatic carbocycles. The summed E-state index contributed by atoms with van der Waals surface area (Å²) in [7, 11) is 3.17. The van der Waals surface area contributed by atoms with Gasteiger partial charge >= 0.3 is 5.97 Å². The number of carboxylic acid groups (broad SMARTS) is 1. The van der Waals surface area contributed by atoms with Crippen molar-refractivity contribution < 1.29 is 24.0 Å². The fraction of sp³-hybridized carbons (Fsp3) is 0.455. The van der Waals surface area contributed by atoms with Gasteiger partial charge in [-0.15, -0.1) is 0 Å². The van der Waals surface area contributed by atoms with E-state index in [0.717, 1.165) is 6.07 Å². The van der Waals surface area contributed by atoms with Crippen LogP contribution in [0.2, 0.25) is 0 Å². The Morgan fingerprint density at radius 3 is 2.42 bits per heavy atom. The molecule has 1 N–H and O–H groups in total. The summed E-state index contributed by atoms with van der Waals surface area (Å²) in [5, 5.41) is 12.1. The maximum Gasteiger partial charge on any atom is 0.374 e. The Hall–Kier alpha value is -2.38. The number of rotatable bonds is 5. The van der Waals surface area contributed by atoms with E-state index >= 15 is 0 Å². The fourth-order valence-electron chi connectivity index (χ4n) is 1.27. The molecule has 1 rings (SSSR count). The SMILES string of the molecule is CCN(CC(=O)N(C)C)C(=O)c1cc(C(=O)O)on1. The van der Waals surface area contributed by atoms with Gasteiger partial charge in [-0.25, -0.2) is 4.79 Å². The van der Waals surface area contributed by atoms with Gasteiger partial charge in [0.15, 0.2) is 5.69 Å². The van der Waals surface area contributed by atoms with Gasteiger partial charge in [0.2, 0.25) is 11.7 Å². The first-order valence-electron chi connectivity index (χ1n) is 5.56. The van der Waals surface area contributed by atoms with Crippen LogP contribution >= 0.6 is 0 Å². The van der Waals surface area contributed by atoms with Crippen LogP contribution in [0.15, 0.2) is 10.6 Å². The highest BCUT2D eigenvalue weighted by molar-refractivity contribution is 5.96. The number of aromatic carboxylic acids is 1. The molecule has 0 radical (unpaired) electrons. The molecule has 1 aromatic rings. The van der Waals surface area contributed by atoms with Crippen LogP contribution in [0.5, 0.6) is 0 Å². The standard InChI is InChI=1S/C11H15N3O5/c1-4-14(6-9(15)13(2)3)10(16)7-5-8(11(17)18)19-12-7/h5H,4,6H2,1-3H3,(H,17,18). The molecule has 0 fully saturated rings. The van der Waals surface area contributed by atoms with Crippen molar-refractivity contribution in [3.8, 4) is 0 Å². The predicted octanol–water partition coefficient (Wildman–Crippen LogP) is -0.0769. The zero-order valence-corrected chi connectivity index (χ0v) is 10.9. The van der Waals surface area contributed by atoms with E-state index in [1.165, 1.54) is 9.80 Å². The minimum Gasteiger partial charge on any atom is -0.475 e. The van der Waals surface area contributed by atoms with E-state index < -0.39 is 17.6 Å². The Morgan fingerprint density at radius 2 is 2.00 bits per heavy atom. The largest absolute Gasteiger partial charge is 0.475 e. The summed E-state index contributed by atoms with van der Waals surface area (Å²) in [4.78, 5) is 36.8. The summed E-state index contributed by atoms with van der Waals surface area (Å²) < 4.78 is 4.50. The van der Waals surface area contributed by atoms with Crippen LogP contribution in [0.3, 0.4) is 0 Å². The van der Waals surface area contributed by atoms with E-state index in [0.29, 0.717) is 6.54 Å². The van der Waals surface area contributed by atoms with Gasteiger partial charge in [-0.2, -0.15) is 0 Å². The smallest absolute Gasteiger partial charge is 0.374 e. The van der Waals surface area contributed by atoms with Crippen LogP contribution in [0.4, 0.5) is 0 Å². The summed E-state index contributed by atoms with van der Waals surface area (Å²) in [5.74, 6) is -2.51. The van der Waals surface area contributed by atoms with Crippen LogP contribution in [0.25, 0.3) is 0 Å². The van der Waals surface area contributed by atoms with E-state index in [2.05, 4.69) is 9.68 Å². The minimum atomic E-state index is -1.31. The molecule has 1 aromatic heterocycles. The average molecular weight is 269 g/mol. The highest BCUT2D eigenvalue weighted by Gasteiger charge is 2.23. The molecule has 0 bridgehead atoms. The van der Waals surface area contributed by atoms with Gasteiger partial charge in [0.1, 0.15) is 6.54 Å². The maximum absolute atomic E-state index is 12.0. The summed E-state index contributed by atoms with van der Waals surface area (Å²) in [6, 6.07) is 1.04. The molecule has 0 spiro atoms. The Kier molecular flexibility index (Phi) is 4.62. The van der Waals surface area contributed by atoms with Crippen LogP contribution < -0.4 is 0 Å². The van der Waals surface area contributed by atoms with Crippen LogP contribution in [0.1, 0.15) is 28.0 Å². The van der Waals surface area contributed by atoms with Crippen LogP contribution in [-0.2, 0) is 4.79 Å². The van der Waals surface area contributed by atoms with Gasteiger partial charge < -0.3 is 19.4 Å². The monoisotopic (exact) mass is 269 g/mol. The minimum absolute atomic E-state index is 0.0996.